The zero-order valence-corrected chi connectivity index (χ0v) is 21.4. The Labute approximate surface area is 205 Å². The average Bonchev–Trinajstić information content (AvgIpc) is 3.21. The van der Waals surface area contributed by atoms with Gasteiger partial charge in [-0.2, -0.15) is 4.31 Å². The molecule has 0 atom stereocenters. The summed E-state index contributed by atoms with van der Waals surface area (Å²) in [5.41, 5.74) is 2.37. The molecule has 3 rings (SSSR count). The van der Waals surface area contributed by atoms with Gasteiger partial charge in [-0.05, 0) is 63.0 Å². The van der Waals surface area contributed by atoms with Gasteiger partial charge in [-0.1, -0.05) is 29.6 Å². The molecule has 9 heteroatoms. The van der Waals surface area contributed by atoms with Crippen LogP contribution in [0.25, 0.3) is 10.2 Å². The molecule has 2 aromatic carbocycles. The minimum Gasteiger partial charge on any atom is -0.308 e. The second kappa shape index (κ2) is 11.1. The molecular formula is C25H30N4O3S2. The van der Waals surface area contributed by atoms with E-state index in [2.05, 4.69) is 24.2 Å². The summed E-state index contributed by atoms with van der Waals surface area (Å²) in [7, 11) is 0.159. The second-order valence-electron chi connectivity index (χ2n) is 8.15. The highest BCUT2D eigenvalue weighted by Gasteiger charge is 2.25. The van der Waals surface area contributed by atoms with Crippen molar-refractivity contribution in [2.45, 2.75) is 11.8 Å². The number of aromatic nitrogens is 1. The molecule has 0 aliphatic heterocycles. The van der Waals surface area contributed by atoms with E-state index in [1.54, 1.807) is 17.0 Å². The molecule has 0 aliphatic rings. The first-order valence-corrected chi connectivity index (χ1v) is 13.1. The summed E-state index contributed by atoms with van der Waals surface area (Å²) in [6.07, 6.45) is 3.06. The van der Waals surface area contributed by atoms with Crippen LogP contribution in [0.5, 0.6) is 0 Å². The van der Waals surface area contributed by atoms with Gasteiger partial charge in [-0.15, -0.1) is 13.2 Å². The quantitative estimate of drug-likeness (QED) is 0.371. The van der Waals surface area contributed by atoms with Crippen LogP contribution in [-0.4, -0.2) is 68.8 Å². The Morgan fingerprint density at radius 1 is 1.03 bits per heavy atom. The van der Waals surface area contributed by atoms with Gasteiger partial charge in [0.25, 0.3) is 5.91 Å². The van der Waals surface area contributed by atoms with Crippen LogP contribution in [0.1, 0.15) is 15.9 Å². The van der Waals surface area contributed by atoms with Gasteiger partial charge in [0, 0.05) is 31.7 Å². The number of thiazole rings is 1. The largest absolute Gasteiger partial charge is 0.308 e. The zero-order valence-electron chi connectivity index (χ0n) is 19.8. The van der Waals surface area contributed by atoms with E-state index in [0.717, 1.165) is 15.8 Å². The molecule has 0 spiro atoms. The SMILES string of the molecule is C=CCN(CC=C)S(=O)(=O)c1ccc(C(=O)N(CCN(C)C)c2nc3ccc(C)cc3s2)cc1. The van der Waals surface area contributed by atoms with Gasteiger partial charge in [0.2, 0.25) is 10.0 Å². The van der Waals surface area contributed by atoms with Crippen LogP contribution in [0, 0.1) is 6.92 Å². The van der Waals surface area contributed by atoms with Crippen molar-refractivity contribution < 1.29 is 13.2 Å². The number of fused-ring (bicyclic) bond motifs is 1. The average molecular weight is 499 g/mol. The lowest BCUT2D eigenvalue weighted by molar-refractivity contribution is 0.0985. The molecule has 0 unspecified atom stereocenters. The maximum atomic E-state index is 13.5. The minimum absolute atomic E-state index is 0.114. The summed E-state index contributed by atoms with van der Waals surface area (Å²) >= 11 is 1.47. The van der Waals surface area contributed by atoms with Gasteiger partial charge in [-0.3, -0.25) is 9.69 Å². The fraction of sp³-hybridized carbons (Fsp3) is 0.280. The van der Waals surface area contributed by atoms with E-state index in [4.69, 9.17) is 0 Å². The fourth-order valence-corrected chi connectivity index (χ4v) is 5.82. The van der Waals surface area contributed by atoms with E-state index in [1.807, 2.05) is 38.1 Å². The highest BCUT2D eigenvalue weighted by Crippen LogP contribution is 2.30. The number of hydrogen-bond donors (Lipinski definition) is 0. The Morgan fingerprint density at radius 2 is 1.68 bits per heavy atom. The second-order valence-corrected chi connectivity index (χ2v) is 11.1. The van der Waals surface area contributed by atoms with E-state index < -0.39 is 10.0 Å². The summed E-state index contributed by atoms with van der Waals surface area (Å²) in [4.78, 5) is 21.9. The lowest BCUT2D eigenvalue weighted by atomic mass is 10.2. The molecule has 0 bridgehead atoms. The van der Waals surface area contributed by atoms with Crippen LogP contribution < -0.4 is 4.90 Å². The Bertz CT molecular complexity index is 1270. The van der Waals surface area contributed by atoms with Crippen molar-refractivity contribution in [3.63, 3.8) is 0 Å². The lowest BCUT2D eigenvalue weighted by Gasteiger charge is -2.22. The molecule has 0 N–H and O–H groups in total. The number of rotatable bonds is 11. The Morgan fingerprint density at radius 3 is 2.26 bits per heavy atom. The molecule has 180 valence electrons. The van der Waals surface area contributed by atoms with Crippen LogP contribution >= 0.6 is 11.3 Å². The van der Waals surface area contributed by atoms with Crippen LogP contribution in [0.3, 0.4) is 0 Å². The number of hydrogen-bond acceptors (Lipinski definition) is 6. The van der Waals surface area contributed by atoms with E-state index in [9.17, 15) is 13.2 Å². The van der Waals surface area contributed by atoms with Gasteiger partial charge in [0.15, 0.2) is 5.13 Å². The number of sulfonamides is 1. The highest BCUT2D eigenvalue weighted by atomic mass is 32.2. The normalized spacial score (nSPS) is 11.8. The Kier molecular flexibility index (Phi) is 8.37. The maximum Gasteiger partial charge on any atom is 0.260 e. The van der Waals surface area contributed by atoms with E-state index in [0.29, 0.717) is 23.8 Å². The van der Waals surface area contributed by atoms with Crippen molar-refractivity contribution in [2.75, 3.05) is 45.2 Å². The molecule has 3 aromatic rings. The smallest absolute Gasteiger partial charge is 0.260 e. The predicted octanol–water partition coefficient (Wildman–Crippen LogP) is 4.18. The third-order valence-corrected chi connectivity index (χ3v) is 8.07. The highest BCUT2D eigenvalue weighted by molar-refractivity contribution is 7.89. The van der Waals surface area contributed by atoms with Gasteiger partial charge in [0.05, 0.1) is 15.1 Å². The predicted molar refractivity (Wildman–Crippen MR) is 140 cm³/mol. The molecule has 0 saturated carbocycles. The monoisotopic (exact) mass is 498 g/mol. The molecule has 0 saturated heterocycles. The number of carbonyl (C=O) groups is 1. The summed E-state index contributed by atoms with van der Waals surface area (Å²) in [5.74, 6) is -0.226. The first-order valence-electron chi connectivity index (χ1n) is 10.8. The fourth-order valence-electron chi connectivity index (χ4n) is 3.35. The number of amides is 1. The third-order valence-electron chi connectivity index (χ3n) is 5.18. The standard InChI is InChI=1S/C25H30N4O3S2/c1-6-14-28(15-7-2)34(31,32)21-11-9-20(10-12-21)24(30)29(17-16-27(4)5)25-26-22-13-8-19(3)18-23(22)33-25/h6-13,18H,1-2,14-17H2,3-5H3. The topological polar surface area (TPSA) is 73.8 Å². The molecule has 0 fully saturated rings. The number of likely N-dealkylation sites (N-methyl/N-ethyl adjacent to an activating group) is 1. The number of anilines is 1. The molecule has 1 heterocycles. The van der Waals surface area contributed by atoms with Crippen molar-refractivity contribution >= 4 is 42.6 Å². The van der Waals surface area contributed by atoms with Crippen LogP contribution in [-0.2, 0) is 10.0 Å². The van der Waals surface area contributed by atoms with Crippen molar-refractivity contribution in [2.24, 2.45) is 0 Å². The summed E-state index contributed by atoms with van der Waals surface area (Å²) in [6.45, 7) is 10.7. The van der Waals surface area contributed by atoms with Crippen molar-refractivity contribution in [1.82, 2.24) is 14.2 Å². The van der Waals surface area contributed by atoms with E-state index >= 15 is 0 Å². The van der Waals surface area contributed by atoms with Crippen molar-refractivity contribution in [3.8, 4) is 0 Å². The molecule has 0 aliphatic carbocycles. The lowest BCUT2D eigenvalue weighted by Crippen LogP contribution is -2.36. The van der Waals surface area contributed by atoms with Crippen LogP contribution in [0.2, 0.25) is 0 Å². The zero-order chi connectivity index (χ0) is 24.9. The molecule has 7 nitrogen and oxygen atoms in total. The van der Waals surface area contributed by atoms with Gasteiger partial charge >= 0.3 is 0 Å². The van der Waals surface area contributed by atoms with Crippen LogP contribution in [0.4, 0.5) is 5.13 Å². The molecule has 1 aromatic heterocycles. The van der Waals surface area contributed by atoms with Crippen LogP contribution in [0.15, 0.2) is 72.7 Å². The number of benzene rings is 2. The summed E-state index contributed by atoms with van der Waals surface area (Å²) in [6, 6.07) is 12.0. The number of aryl methyl sites for hydroxylation is 1. The molecule has 34 heavy (non-hydrogen) atoms. The third kappa shape index (κ3) is 5.79. The maximum absolute atomic E-state index is 13.5. The molecule has 1 amide bonds. The van der Waals surface area contributed by atoms with E-state index in [-0.39, 0.29) is 23.9 Å². The summed E-state index contributed by atoms with van der Waals surface area (Å²) in [5, 5.41) is 0.618. The molecule has 0 radical (unpaired) electrons. The molecular weight excluding hydrogens is 468 g/mol. The van der Waals surface area contributed by atoms with E-state index in [1.165, 1.54) is 39.9 Å². The van der Waals surface area contributed by atoms with Gasteiger partial charge in [-0.25, -0.2) is 13.4 Å². The van der Waals surface area contributed by atoms with Crippen molar-refractivity contribution in [3.05, 3.63) is 78.9 Å². The first-order chi connectivity index (χ1) is 16.2. The minimum atomic E-state index is -3.73. The van der Waals surface area contributed by atoms with Gasteiger partial charge < -0.3 is 4.90 Å². The summed E-state index contributed by atoms with van der Waals surface area (Å²) < 4.78 is 28.2. The first kappa shape index (κ1) is 25.8. The number of nitrogens with zero attached hydrogens (tertiary/aromatic N) is 4. The van der Waals surface area contributed by atoms with Crippen molar-refractivity contribution in [1.29, 1.82) is 0 Å². The Balaban J connectivity index is 1.93. The van der Waals surface area contributed by atoms with Gasteiger partial charge in [0.1, 0.15) is 0 Å². The Hall–Kier alpha value is -2.85. The number of carbonyl (C=O) groups excluding carboxylic acids is 1.